The van der Waals surface area contributed by atoms with Gasteiger partial charge >= 0.3 is 0 Å². The first-order valence-corrected chi connectivity index (χ1v) is 6.27. The molecule has 6 heteroatoms. The largest absolute Gasteiger partial charge is 0.489 e. The molecule has 0 unspecified atom stereocenters. The van der Waals surface area contributed by atoms with Gasteiger partial charge in [-0.1, -0.05) is 27.5 Å². The van der Waals surface area contributed by atoms with Crippen LogP contribution in [-0.2, 0) is 0 Å². The molecule has 1 aromatic heterocycles. The van der Waals surface area contributed by atoms with Crippen molar-refractivity contribution in [1.82, 2.24) is 9.97 Å². The van der Waals surface area contributed by atoms with Crippen LogP contribution >= 0.6 is 27.5 Å². The lowest BCUT2D eigenvalue weighted by Gasteiger charge is -2.11. The maximum atomic E-state index is 5.90. The van der Waals surface area contributed by atoms with E-state index in [4.69, 9.17) is 21.1 Å². The molecule has 0 saturated heterocycles. The van der Waals surface area contributed by atoms with Crippen molar-refractivity contribution in [3.8, 4) is 17.4 Å². The van der Waals surface area contributed by atoms with Crippen LogP contribution in [-0.4, -0.2) is 17.1 Å². The number of benzene rings is 1. The van der Waals surface area contributed by atoms with Crippen molar-refractivity contribution in [3.63, 3.8) is 0 Å². The molecule has 0 N–H and O–H groups in total. The monoisotopic (exact) mass is 328 g/mol. The number of ether oxygens (including phenoxy) is 2. The highest BCUT2D eigenvalue weighted by molar-refractivity contribution is 9.10. The van der Waals surface area contributed by atoms with Gasteiger partial charge in [-0.15, -0.1) is 0 Å². The van der Waals surface area contributed by atoms with E-state index in [9.17, 15) is 0 Å². The average molecular weight is 330 g/mol. The quantitative estimate of drug-likeness (QED) is 0.798. The third-order valence-corrected chi connectivity index (χ3v) is 3.04. The van der Waals surface area contributed by atoms with Crippen molar-refractivity contribution < 1.29 is 9.47 Å². The van der Waals surface area contributed by atoms with Gasteiger partial charge in [0.2, 0.25) is 5.75 Å². The van der Waals surface area contributed by atoms with Crippen LogP contribution in [0.25, 0.3) is 0 Å². The van der Waals surface area contributed by atoms with Crippen LogP contribution in [0.1, 0.15) is 5.56 Å². The summed E-state index contributed by atoms with van der Waals surface area (Å²) in [6.45, 7) is 1.94. The molecule has 0 spiro atoms. The van der Waals surface area contributed by atoms with Crippen molar-refractivity contribution in [3.05, 3.63) is 39.7 Å². The summed E-state index contributed by atoms with van der Waals surface area (Å²) in [6, 6.07) is 5.68. The number of hydrogen-bond donors (Lipinski definition) is 0. The van der Waals surface area contributed by atoms with Gasteiger partial charge in [0.1, 0.15) is 12.1 Å². The summed E-state index contributed by atoms with van der Waals surface area (Å²) in [5.74, 6) is 1.30. The van der Waals surface area contributed by atoms with Gasteiger partial charge in [-0.25, -0.2) is 4.98 Å². The molecule has 0 fully saturated rings. The maximum absolute atomic E-state index is 5.90. The summed E-state index contributed by atoms with van der Waals surface area (Å²) >= 11 is 9.29. The Labute approximate surface area is 118 Å². The van der Waals surface area contributed by atoms with Gasteiger partial charge in [-0.05, 0) is 30.7 Å². The van der Waals surface area contributed by atoms with Crippen LogP contribution in [0.3, 0.4) is 0 Å². The predicted molar refractivity (Wildman–Crippen MR) is 72.5 cm³/mol. The van der Waals surface area contributed by atoms with E-state index in [-0.39, 0.29) is 5.15 Å². The van der Waals surface area contributed by atoms with Crippen LogP contribution in [0.4, 0.5) is 0 Å². The highest BCUT2D eigenvalue weighted by Gasteiger charge is 2.13. The first-order chi connectivity index (χ1) is 8.61. The van der Waals surface area contributed by atoms with Crippen LogP contribution in [0.5, 0.6) is 17.4 Å². The molecule has 0 aliphatic rings. The lowest BCUT2D eigenvalue weighted by Crippen LogP contribution is -1.96. The van der Waals surface area contributed by atoms with Crippen molar-refractivity contribution in [2.75, 3.05) is 7.11 Å². The molecular formula is C12H10BrClN2O2. The molecule has 4 nitrogen and oxygen atoms in total. The third kappa shape index (κ3) is 2.73. The Balaban J connectivity index is 2.37. The minimum Gasteiger partial charge on any atom is -0.489 e. The molecule has 0 bridgehead atoms. The van der Waals surface area contributed by atoms with Crippen molar-refractivity contribution in [1.29, 1.82) is 0 Å². The Morgan fingerprint density at radius 3 is 2.72 bits per heavy atom. The number of hydrogen-bond acceptors (Lipinski definition) is 4. The molecule has 2 aromatic rings. The summed E-state index contributed by atoms with van der Waals surface area (Å²) in [5, 5.41) is 0.220. The summed E-state index contributed by atoms with van der Waals surface area (Å²) in [4.78, 5) is 7.85. The molecule has 0 aliphatic carbocycles. The number of nitrogens with zero attached hydrogens (tertiary/aromatic N) is 2. The Kier molecular flexibility index (Phi) is 4.04. The van der Waals surface area contributed by atoms with Gasteiger partial charge in [0.25, 0.3) is 5.88 Å². The maximum Gasteiger partial charge on any atom is 0.267 e. The molecule has 0 radical (unpaired) electrons. The number of halogens is 2. The second-order valence-corrected chi connectivity index (χ2v) is 4.79. The zero-order valence-corrected chi connectivity index (χ0v) is 12.1. The van der Waals surface area contributed by atoms with Gasteiger partial charge in [0.05, 0.1) is 7.11 Å². The Morgan fingerprint density at radius 2 is 2.06 bits per heavy atom. The fourth-order valence-corrected chi connectivity index (χ4v) is 2.09. The average Bonchev–Trinajstić information content (AvgIpc) is 2.33. The van der Waals surface area contributed by atoms with E-state index in [0.29, 0.717) is 17.4 Å². The van der Waals surface area contributed by atoms with E-state index in [1.807, 2.05) is 25.1 Å². The van der Waals surface area contributed by atoms with E-state index in [1.54, 1.807) is 0 Å². The standard InChI is InChI=1S/C12H10BrClN2O2/c1-7-5-8(13)3-4-9(7)18-12-10(17-2)11(14)15-6-16-12/h3-6H,1-2H3. The lowest BCUT2D eigenvalue weighted by molar-refractivity contribution is 0.366. The number of rotatable bonds is 3. The molecular weight excluding hydrogens is 320 g/mol. The van der Waals surface area contributed by atoms with E-state index in [1.165, 1.54) is 13.4 Å². The van der Waals surface area contributed by atoms with Gasteiger partial charge in [-0.3, -0.25) is 0 Å². The third-order valence-electron chi connectivity index (χ3n) is 2.28. The summed E-state index contributed by atoms with van der Waals surface area (Å²) < 4.78 is 11.8. The smallest absolute Gasteiger partial charge is 0.267 e. The van der Waals surface area contributed by atoms with E-state index < -0.39 is 0 Å². The van der Waals surface area contributed by atoms with Crippen LogP contribution < -0.4 is 9.47 Å². The molecule has 0 saturated carbocycles. The van der Waals surface area contributed by atoms with Gasteiger partial charge < -0.3 is 9.47 Å². The minimum absolute atomic E-state index is 0.220. The molecule has 1 aromatic carbocycles. The fourth-order valence-electron chi connectivity index (χ4n) is 1.41. The van der Waals surface area contributed by atoms with Crippen LogP contribution in [0, 0.1) is 6.92 Å². The first-order valence-electron chi connectivity index (χ1n) is 5.10. The van der Waals surface area contributed by atoms with E-state index >= 15 is 0 Å². The summed E-state index contributed by atoms with van der Waals surface area (Å²) in [5.41, 5.74) is 0.973. The molecule has 94 valence electrons. The molecule has 18 heavy (non-hydrogen) atoms. The highest BCUT2D eigenvalue weighted by Crippen LogP contribution is 2.35. The number of methoxy groups -OCH3 is 1. The Morgan fingerprint density at radius 1 is 1.28 bits per heavy atom. The fraction of sp³-hybridized carbons (Fsp3) is 0.167. The first kappa shape index (κ1) is 13.1. The number of aryl methyl sites for hydroxylation is 1. The topological polar surface area (TPSA) is 44.2 Å². The van der Waals surface area contributed by atoms with Gasteiger partial charge in [0, 0.05) is 4.47 Å². The SMILES string of the molecule is COc1c(Cl)ncnc1Oc1ccc(Br)cc1C. The van der Waals surface area contributed by atoms with Crippen molar-refractivity contribution >= 4 is 27.5 Å². The lowest BCUT2D eigenvalue weighted by atomic mass is 10.2. The Bertz CT molecular complexity index is 578. The summed E-state index contributed by atoms with van der Waals surface area (Å²) in [7, 11) is 1.49. The van der Waals surface area contributed by atoms with Crippen molar-refractivity contribution in [2.45, 2.75) is 6.92 Å². The van der Waals surface area contributed by atoms with Gasteiger partial charge in [0.15, 0.2) is 5.15 Å². The van der Waals surface area contributed by atoms with E-state index in [2.05, 4.69) is 25.9 Å². The molecule has 0 atom stereocenters. The Hall–Kier alpha value is -1.33. The van der Waals surface area contributed by atoms with Crippen LogP contribution in [0.2, 0.25) is 5.15 Å². The highest BCUT2D eigenvalue weighted by atomic mass is 79.9. The minimum atomic E-state index is 0.220. The summed E-state index contributed by atoms with van der Waals surface area (Å²) in [6.07, 6.45) is 1.33. The van der Waals surface area contributed by atoms with Crippen molar-refractivity contribution in [2.24, 2.45) is 0 Å². The molecule has 2 rings (SSSR count). The van der Waals surface area contributed by atoms with Gasteiger partial charge in [-0.2, -0.15) is 4.98 Å². The predicted octanol–water partition coefficient (Wildman–Crippen LogP) is 4.00. The molecule has 1 heterocycles. The number of aromatic nitrogens is 2. The zero-order valence-electron chi connectivity index (χ0n) is 9.78. The molecule has 0 aliphatic heterocycles. The normalized spacial score (nSPS) is 10.2. The zero-order chi connectivity index (χ0) is 13.1. The molecule has 0 amide bonds. The second-order valence-electron chi connectivity index (χ2n) is 3.51. The van der Waals surface area contributed by atoms with Crippen LogP contribution in [0.15, 0.2) is 29.0 Å². The second kappa shape index (κ2) is 5.54. The van der Waals surface area contributed by atoms with E-state index in [0.717, 1.165) is 10.0 Å².